The number of aromatic nitrogens is 3. The molecule has 0 spiro atoms. The Labute approximate surface area is 202 Å². The number of benzene rings is 3. The molecule has 0 aliphatic rings. The lowest BCUT2D eigenvalue weighted by atomic mass is 10.2. The van der Waals surface area contributed by atoms with E-state index in [1.165, 1.54) is 11.3 Å². The first kappa shape index (κ1) is 21.4. The fraction of sp³-hybridized carbons (Fsp3) is 0.0435. The van der Waals surface area contributed by atoms with Crippen LogP contribution in [0, 0.1) is 0 Å². The predicted molar refractivity (Wildman–Crippen MR) is 131 cm³/mol. The molecule has 164 valence electrons. The van der Waals surface area contributed by atoms with E-state index in [9.17, 15) is 0 Å². The summed E-state index contributed by atoms with van der Waals surface area (Å²) in [7, 11) is 0. The second-order valence-electron chi connectivity index (χ2n) is 6.81. The standard InChI is InChI=1S/C23H15Cl2N5O2S/c24-15-9-10-16(17(25)11-15)22-29-28-21(32-22)13-31-19-7-3-1-5-14(19)12-26-30-23-27-18-6-2-4-8-20(18)33-23/h1-12H,13H2,(H,27,30)/b26-12-. The maximum absolute atomic E-state index is 6.22. The van der Waals surface area contributed by atoms with E-state index in [2.05, 4.69) is 25.7 Å². The van der Waals surface area contributed by atoms with E-state index >= 15 is 0 Å². The fourth-order valence-electron chi connectivity index (χ4n) is 3.02. The van der Waals surface area contributed by atoms with E-state index < -0.39 is 0 Å². The lowest BCUT2D eigenvalue weighted by Crippen LogP contribution is -1.99. The van der Waals surface area contributed by atoms with Crippen LogP contribution in [0.25, 0.3) is 21.7 Å². The van der Waals surface area contributed by atoms with Gasteiger partial charge in [-0.2, -0.15) is 5.10 Å². The molecule has 0 saturated heterocycles. The van der Waals surface area contributed by atoms with Crippen molar-refractivity contribution in [1.82, 2.24) is 15.2 Å². The average molecular weight is 496 g/mol. The van der Waals surface area contributed by atoms with Gasteiger partial charge < -0.3 is 9.15 Å². The summed E-state index contributed by atoms with van der Waals surface area (Å²) in [4.78, 5) is 4.50. The van der Waals surface area contributed by atoms with Crippen LogP contribution >= 0.6 is 34.5 Å². The highest BCUT2D eigenvalue weighted by atomic mass is 35.5. The van der Waals surface area contributed by atoms with Gasteiger partial charge in [0.1, 0.15) is 5.75 Å². The first-order chi connectivity index (χ1) is 16.2. The molecule has 7 nitrogen and oxygen atoms in total. The van der Waals surface area contributed by atoms with E-state index in [1.54, 1.807) is 24.4 Å². The number of fused-ring (bicyclic) bond motifs is 1. The number of hydrogen-bond acceptors (Lipinski definition) is 8. The summed E-state index contributed by atoms with van der Waals surface area (Å²) in [6, 6.07) is 20.5. The fourth-order valence-corrected chi connectivity index (χ4v) is 4.32. The molecular formula is C23H15Cl2N5O2S. The molecule has 33 heavy (non-hydrogen) atoms. The zero-order chi connectivity index (χ0) is 22.6. The molecule has 0 unspecified atom stereocenters. The number of hydrogen-bond donors (Lipinski definition) is 1. The van der Waals surface area contributed by atoms with Gasteiger partial charge in [-0.25, -0.2) is 4.98 Å². The summed E-state index contributed by atoms with van der Waals surface area (Å²) in [5, 5.41) is 14.1. The third-order valence-corrected chi connectivity index (χ3v) is 6.05. The van der Waals surface area contributed by atoms with Crippen molar-refractivity contribution in [2.24, 2.45) is 5.10 Å². The topological polar surface area (TPSA) is 85.4 Å². The van der Waals surface area contributed by atoms with Crippen LogP contribution in [0.15, 0.2) is 76.2 Å². The molecule has 0 aliphatic heterocycles. The Morgan fingerprint density at radius 1 is 1.03 bits per heavy atom. The minimum atomic E-state index is 0.0916. The second-order valence-corrected chi connectivity index (χ2v) is 8.68. The van der Waals surface area contributed by atoms with Gasteiger partial charge in [-0.15, -0.1) is 10.2 Å². The van der Waals surface area contributed by atoms with E-state index in [1.807, 2.05) is 48.5 Å². The van der Waals surface area contributed by atoms with Crippen LogP contribution in [0.4, 0.5) is 5.13 Å². The van der Waals surface area contributed by atoms with Gasteiger partial charge in [0.25, 0.3) is 5.89 Å². The highest BCUT2D eigenvalue weighted by Crippen LogP contribution is 2.30. The van der Waals surface area contributed by atoms with E-state index in [0.717, 1.165) is 15.8 Å². The summed E-state index contributed by atoms with van der Waals surface area (Å²) in [6.07, 6.45) is 1.67. The smallest absolute Gasteiger partial charge is 0.254 e. The zero-order valence-electron chi connectivity index (χ0n) is 16.9. The molecule has 0 amide bonds. The Kier molecular flexibility index (Phi) is 6.21. The molecule has 0 radical (unpaired) electrons. The molecule has 2 heterocycles. The maximum atomic E-state index is 6.22. The Bertz CT molecular complexity index is 1420. The zero-order valence-corrected chi connectivity index (χ0v) is 19.2. The number of ether oxygens (including phenoxy) is 1. The first-order valence-corrected chi connectivity index (χ1v) is 11.4. The first-order valence-electron chi connectivity index (χ1n) is 9.80. The maximum Gasteiger partial charge on any atom is 0.254 e. The molecule has 0 fully saturated rings. The van der Waals surface area contributed by atoms with Crippen LogP contribution in [0.1, 0.15) is 11.5 Å². The highest BCUT2D eigenvalue weighted by molar-refractivity contribution is 7.22. The average Bonchev–Trinajstić information content (AvgIpc) is 3.45. The van der Waals surface area contributed by atoms with E-state index in [-0.39, 0.29) is 6.61 Å². The van der Waals surface area contributed by atoms with Crippen LogP contribution in [-0.2, 0) is 6.61 Å². The Morgan fingerprint density at radius 2 is 1.88 bits per heavy atom. The number of rotatable bonds is 7. The second kappa shape index (κ2) is 9.58. The van der Waals surface area contributed by atoms with Crippen LogP contribution in [0.2, 0.25) is 10.0 Å². The number of halogens is 2. The molecule has 0 atom stereocenters. The van der Waals surface area contributed by atoms with Crippen LogP contribution < -0.4 is 10.2 Å². The summed E-state index contributed by atoms with van der Waals surface area (Å²) >= 11 is 13.7. The van der Waals surface area contributed by atoms with Crippen molar-refractivity contribution in [3.05, 3.63) is 88.2 Å². The largest absolute Gasteiger partial charge is 0.483 e. The number of nitrogens with one attached hydrogen (secondary N) is 1. The van der Waals surface area contributed by atoms with Crippen molar-refractivity contribution >= 4 is 56.1 Å². The van der Waals surface area contributed by atoms with Gasteiger partial charge in [-0.05, 0) is 42.5 Å². The molecule has 5 rings (SSSR count). The van der Waals surface area contributed by atoms with Crippen LogP contribution in [0.5, 0.6) is 5.75 Å². The Morgan fingerprint density at radius 3 is 2.76 bits per heavy atom. The number of para-hydroxylation sites is 2. The Balaban J connectivity index is 1.25. The monoisotopic (exact) mass is 495 g/mol. The van der Waals surface area contributed by atoms with Crippen molar-refractivity contribution in [3.8, 4) is 17.2 Å². The van der Waals surface area contributed by atoms with Gasteiger partial charge in [-0.1, -0.05) is 58.8 Å². The van der Waals surface area contributed by atoms with Gasteiger partial charge >= 0.3 is 0 Å². The van der Waals surface area contributed by atoms with E-state index in [4.69, 9.17) is 32.4 Å². The molecular weight excluding hydrogens is 481 g/mol. The van der Waals surface area contributed by atoms with Gasteiger partial charge in [0.05, 0.1) is 27.0 Å². The van der Waals surface area contributed by atoms with Crippen LogP contribution in [-0.4, -0.2) is 21.4 Å². The normalized spacial score (nSPS) is 11.3. The lowest BCUT2D eigenvalue weighted by Gasteiger charge is -2.06. The van der Waals surface area contributed by atoms with Gasteiger partial charge in [0.2, 0.25) is 11.0 Å². The molecule has 10 heteroatoms. The van der Waals surface area contributed by atoms with Crippen LogP contribution in [0.3, 0.4) is 0 Å². The third-order valence-electron chi connectivity index (χ3n) is 4.56. The molecule has 2 aromatic heterocycles. The van der Waals surface area contributed by atoms with Crippen molar-refractivity contribution in [2.45, 2.75) is 6.61 Å². The third kappa shape index (κ3) is 4.98. The summed E-state index contributed by atoms with van der Waals surface area (Å²) in [5.74, 6) is 1.23. The number of anilines is 1. The van der Waals surface area contributed by atoms with Crippen molar-refractivity contribution in [2.75, 3.05) is 5.43 Å². The minimum Gasteiger partial charge on any atom is -0.483 e. The molecule has 5 aromatic rings. The molecule has 0 saturated carbocycles. The molecule has 3 aromatic carbocycles. The lowest BCUT2D eigenvalue weighted by molar-refractivity contribution is 0.264. The molecule has 1 N–H and O–H groups in total. The number of hydrazone groups is 1. The molecule has 0 aliphatic carbocycles. The van der Waals surface area contributed by atoms with Gasteiger partial charge in [-0.3, -0.25) is 5.43 Å². The highest BCUT2D eigenvalue weighted by Gasteiger charge is 2.13. The summed E-state index contributed by atoms with van der Waals surface area (Å²) in [6.45, 7) is 0.0916. The van der Waals surface area contributed by atoms with Crippen molar-refractivity contribution in [1.29, 1.82) is 0 Å². The number of nitrogens with zero attached hydrogens (tertiary/aromatic N) is 4. The van der Waals surface area contributed by atoms with E-state index in [0.29, 0.717) is 38.3 Å². The minimum absolute atomic E-state index is 0.0916. The summed E-state index contributed by atoms with van der Waals surface area (Å²) < 4.78 is 12.7. The number of thiazole rings is 1. The van der Waals surface area contributed by atoms with Crippen molar-refractivity contribution in [3.63, 3.8) is 0 Å². The SMILES string of the molecule is Clc1ccc(-c2nnc(COc3ccccc3/C=N\Nc3nc4ccccc4s3)o2)c(Cl)c1. The Hall–Kier alpha value is -3.46. The molecule has 0 bridgehead atoms. The van der Waals surface area contributed by atoms with Gasteiger partial charge in [0.15, 0.2) is 6.61 Å². The van der Waals surface area contributed by atoms with Gasteiger partial charge in [0, 0.05) is 10.6 Å². The van der Waals surface area contributed by atoms with Crippen molar-refractivity contribution < 1.29 is 9.15 Å². The quantitative estimate of drug-likeness (QED) is 0.200. The summed E-state index contributed by atoms with van der Waals surface area (Å²) in [5.41, 5.74) is 5.29. The predicted octanol–water partition coefficient (Wildman–Crippen LogP) is 6.68.